The van der Waals surface area contributed by atoms with Gasteiger partial charge in [-0.2, -0.15) is 5.10 Å². The van der Waals surface area contributed by atoms with Gasteiger partial charge in [-0.1, -0.05) is 11.6 Å². The third-order valence-corrected chi connectivity index (χ3v) is 5.10. The lowest BCUT2D eigenvalue weighted by atomic mass is 10.0. The zero-order valence-corrected chi connectivity index (χ0v) is 14.9. The minimum atomic E-state index is 0.275. The Morgan fingerprint density at radius 2 is 1.85 bits per heavy atom. The molecule has 0 radical (unpaired) electrons. The maximum absolute atomic E-state index is 6.05. The second kappa shape index (κ2) is 6.25. The molecule has 0 saturated heterocycles. The summed E-state index contributed by atoms with van der Waals surface area (Å²) in [5.41, 5.74) is 4.27. The highest BCUT2D eigenvalue weighted by Gasteiger charge is 2.23. The first-order valence-corrected chi connectivity index (χ1v) is 9.19. The van der Waals surface area contributed by atoms with E-state index in [1.807, 2.05) is 47.1 Å². The first-order chi connectivity index (χ1) is 12.8. The number of ether oxygens (including phenoxy) is 2. The van der Waals surface area contributed by atoms with E-state index in [0.717, 1.165) is 65.1 Å². The van der Waals surface area contributed by atoms with Gasteiger partial charge >= 0.3 is 0 Å². The van der Waals surface area contributed by atoms with Gasteiger partial charge in [0.15, 0.2) is 11.5 Å². The molecule has 132 valence electrons. The van der Waals surface area contributed by atoms with Crippen LogP contribution in [0.3, 0.4) is 0 Å². The average molecular weight is 368 g/mol. The van der Waals surface area contributed by atoms with Crippen LogP contribution in [0, 0.1) is 0 Å². The summed E-state index contributed by atoms with van der Waals surface area (Å²) >= 11 is 6.05. The van der Waals surface area contributed by atoms with Gasteiger partial charge in [0.1, 0.15) is 5.82 Å². The zero-order valence-electron chi connectivity index (χ0n) is 14.2. The number of benzene rings is 2. The summed E-state index contributed by atoms with van der Waals surface area (Å²) in [6.07, 6.45) is 3.29. The lowest BCUT2D eigenvalue weighted by molar-refractivity contribution is 0.174. The maximum Gasteiger partial charge on any atom is 0.231 e. The Kier molecular flexibility index (Phi) is 3.75. The first-order valence-electron chi connectivity index (χ1n) is 8.81. The van der Waals surface area contributed by atoms with E-state index in [2.05, 4.69) is 5.32 Å². The van der Waals surface area contributed by atoms with Gasteiger partial charge in [0, 0.05) is 22.7 Å². The molecule has 2 aromatic carbocycles. The minimum Gasteiger partial charge on any atom is -0.454 e. The number of nitrogens with one attached hydrogen (secondary N) is 1. The van der Waals surface area contributed by atoms with Crippen LogP contribution in [-0.4, -0.2) is 23.1 Å². The quantitative estimate of drug-likeness (QED) is 0.715. The van der Waals surface area contributed by atoms with Crippen LogP contribution in [0.25, 0.3) is 16.9 Å². The van der Waals surface area contributed by atoms with E-state index in [1.54, 1.807) is 0 Å². The number of aromatic nitrogens is 2. The molecule has 26 heavy (non-hydrogen) atoms. The fourth-order valence-corrected chi connectivity index (χ4v) is 3.67. The van der Waals surface area contributed by atoms with Gasteiger partial charge < -0.3 is 14.8 Å². The van der Waals surface area contributed by atoms with Gasteiger partial charge in [0.25, 0.3) is 0 Å². The molecule has 5 rings (SSSR count). The summed E-state index contributed by atoms with van der Waals surface area (Å²) in [6, 6.07) is 13.8. The second-order valence-corrected chi connectivity index (χ2v) is 6.95. The number of halogens is 1. The third kappa shape index (κ3) is 2.59. The van der Waals surface area contributed by atoms with E-state index >= 15 is 0 Å². The van der Waals surface area contributed by atoms with Crippen LogP contribution in [0.15, 0.2) is 42.5 Å². The highest BCUT2D eigenvalue weighted by atomic mass is 35.5. The van der Waals surface area contributed by atoms with Crippen molar-refractivity contribution in [1.29, 1.82) is 0 Å². The predicted octanol–water partition coefficient (Wildman–Crippen LogP) is 4.67. The van der Waals surface area contributed by atoms with Crippen molar-refractivity contribution in [2.24, 2.45) is 0 Å². The van der Waals surface area contributed by atoms with Crippen molar-refractivity contribution in [1.82, 2.24) is 9.78 Å². The van der Waals surface area contributed by atoms with Crippen molar-refractivity contribution in [3.8, 4) is 28.4 Å². The standard InChI is InChI=1S/C20H18ClN3O2/c21-14-5-7-15(8-6-14)24-20-16(3-1-2-10-22-20)19(23-24)13-4-9-17-18(11-13)26-12-25-17/h4-9,11,22H,1-3,10,12H2. The van der Waals surface area contributed by atoms with Crippen molar-refractivity contribution in [3.63, 3.8) is 0 Å². The number of nitrogens with zero attached hydrogens (tertiary/aromatic N) is 2. The summed E-state index contributed by atoms with van der Waals surface area (Å²) in [7, 11) is 0. The molecule has 3 heterocycles. The molecule has 1 aromatic heterocycles. The molecule has 0 atom stereocenters. The summed E-state index contributed by atoms with van der Waals surface area (Å²) in [6.45, 7) is 1.23. The van der Waals surface area contributed by atoms with Crippen LogP contribution in [-0.2, 0) is 6.42 Å². The average Bonchev–Trinajstić information content (AvgIpc) is 3.19. The van der Waals surface area contributed by atoms with E-state index in [4.69, 9.17) is 26.2 Å². The smallest absolute Gasteiger partial charge is 0.231 e. The van der Waals surface area contributed by atoms with Crippen LogP contribution in [0.1, 0.15) is 18.4 Å². The van der Waals surface area contributed by atoms with Gasteiger partial charge in [-0.15, -0.1) is 0 Å². The number of anilines is 1. The Hall–Kier alpha value is -2.66. The van der Waals surface area contributed by atoms with Gasteiger partial charge in [0.2, 0.25) is 6.79 Å². The van der Waals surface area contributed by atoms with E-state index in [9.17, 15) is 0 Å². The molecule has 0 unspecified atom stereocenters. The molecule has 2 aliphatic heterocycles. The monoisotopic (exact) mass is 367 g/mol. The number of fused-ring (bicyclic) bond motifs is 2. The van der Waals surface area contributed by atoms with Gasteiger partial charge in [0.05, 0.1) is 11.4 Å². The molecule has 1 N–H and O–H groups in total. The first kappa shape index (κ1) is 15.6. The molecule has 0 saturated carbocycles. The van der Waals surface area contributed by atoms with Crippen molar-refractivity contribution in [3.05, 3.63) is 53.1 Å². The molecule has 0 fully saturated rings. The molecule has 0 amide bonds. The van der Waals surface area contributed by atoms with E-state index in [1.165, 1.54) is 5.56 Å². The summed E-state index contributed by atoms with van der Waals surface area (Å²) in [5.74, 6) is 2.63. The van der Waals surface area contributed by atoms with Crippen LogP contribution in [0.2, 0.25) is 5.02 Å². The number of rotatable bonds is 2. The van der Waals surface area contributed by atoms with Crippen LogP contribution in [0.4, 0.5) is 5.82 Å². The Balaban J connectivity index is 1.67. The number of hydrogen-bond acceptors (Lipinski definition) is 4. The third-order valence-electron chi connectivity index (χ3n) is 4.85. The molecule has 0 aliphatic carbocycles. The highest BCUT2D eigenvalue weighted by Crippen LogP contribution is 2.39. The number of hydrogen-bond donors (Lipinski definition) is 1. The topological polar surface area (TPSA) is 48.3 Å². The Labute approximate surface area is 156 Å². The fraction of sp³-hybridized carbons (Fsp3) is 0.250. The summed E-state index contributed by atoms with van der Waals surface area (Å²) in [4.78, 5) is 0. The van der Waals surface area contributed by atoms with Gasteiger partial charge in [-0.05, 0) is 61.7 Å². The minimum absolute atomic E-state index is 0.275. The fourth-order valence-electron chi connectivity index (χ4n) is 3.55. The van der Waals surface area contributed by atoms with E-state index in [-0.39, 0.29) is 6.79 Å². The lowest BCUT2D eigenvalue weighted by Gasteiger charge is -2.09. The SMILES string of the molecule is Clc1ccc(-n2nc(-c3ccc4c(c3)OCO4)c3c2NCCCC3)cc1. The Morgan fingerprint density at radius 1 is 1.00 bits per heavy atom. The molecule has 0 spiro atoms. The summed E-state index contributed by atoms with van der Waals surface area (Å²) in [5, 5.41) is 9.22. The van der Waals surface area contributed by atoms with Crippen LogP contribution < -0.4 is 14.8 Å². The van der Waals surface area contributed by atoms with Crippen LogP contribution >= 0.6 is 11.6 Å². The summed E-state index contributed by atoms with van der Waals surface area (Å²) < 4.78 is 13.0. The maximum atomic E-state index is 6.05. The molecular weight excluding hydrogens is 350 g/mol. The van der Waals surface area contributed by atoms with Crippen molar-refractivity contribution in [2.45, 2.75) is 19.3 Å². The van der Waals surface area contributed by atoms with Gasteiger partial charge in [-0.25, -0.2) is 4.68 Å². The molecule has 5 nitrogen and oxygen atoms in total. The predicted molar refractivity (Wildman–Crippen MR) is 102 cm³/mol. The van der Waals surface area contributed by atoms with Crippen molar-refractivity contribution >= 4 is 17.4 Å². The zero-order chi connectivity index (χ0) is 17.5. The van der Waals surface area contributed by atoms with Crippen molar-refractivity contribution < 1.29 is 9.47 Å². The Bertz CT molecular complexity index is 966. The largest absolute Gasteiger partial charge is 0.454 e. The Morgan fingerprint density at radius 3 is 2.73 bits per heavy atom. The second-order valence-electron chi connectivity index (χ2n) is 6.52. The normalized spacial score (nSPS) is 15.3. The molecule has 3 aromatic rings. The van der Waals surface area contributed by atoms with E-state index in [0.29, 0.717) is 0 Å². The molecule has 6 heteroatoms. The molecular formula is C20H18ClN3O2. The van der Waals surface area contributed by atoms with Gasteiger partial charge in [-0.3, -0.25) is 0 Å². The lowest BCUT2D eigenvalue weighted by Crippen LogP contribution is -2.07. The van der Waals surface area contributed by atoms with Crippen molar-refractivity contribution in [2.75, 3.05) is 18.7 Å². The highest BCUT2D eigenvalue weighted by molar-refractivity contribution is 6.30. The molecule has 0 bridgehead atoms. The van der Waals surface area contributed by atoms with E-state index < -0.39 is 0 Å². The molecule has 2 aliphatic rings. The van der Waals surface area contributed by atoms with Crippen LogP contribution in [0.5, 0.6) is 11.5 Å².